The van der Waals surface area contributed by atoms with Crippen molar-refractivity contribution in [3.63, 3.8) is 0 Å². The molecule has 74 valence electrons. The fourth-order valence-corrected chi connectivity index (χ4v) is 1.20. The molecule has 0 aliphatic rings. The molecule has 0 unspecified atom stereocenters. The minimum atomic E-state index is -0.367. The number of hydrogen-bond donors (Lipinski definition) is 1. The maximum Gasteiger partial charge on any atom is 0.141 e. The van der Waals surface area contributed by atoms with Crippen LogP contribution in [0.1, 0.15) is 12.0 Å². The molecule has 0 aromatic heterocycles. The van der Waals surface area contributed by atoms with E-state index in [-0.39, 0.29) is 23.2 Å². The summed E-state index contributed by atoms with van der Waals surface area (Å²) < 4.78 is 12.7. The second-order valence-electron chi connectivity index (χ2n) is 2.64. The molecule has 0 aliphatic carbocycles. The number of aryl methyl sites for hydroxylation is 1. The van der Waals surface area contributed by atoms with Crippen molar-refractivity contribution in [1.82, 2.24) is 0 Å². The van der Waals surface area contributed by atoms with Crippen LogP contribution in [0.15, 0.2) is 18.2 Å². The Labute approximate surface area is 88.5 Å². The molecule has 4 heteroatoms. The van der Waals surface area contributed by atoms with Gasteiger partial charge in [-0.3, -0.25) is 0 Å². The Hall–Kier alpha value is -0.310. The van der Waals surface area contributed by atoms with E-state index in [1.807, 2.05) is 0 Å². The molecule has 13 heavy (non-hydrogen) atoms. The Kier molecular flexibility index (Phi) is 6.04. The van der Waals surface area contributed by atoms with Crippen molar-refractivity contribution >= 4 is 24.0 Å². The summed E-state index contributed by atoms with van der Waals surface area (Å²) >= 11 is 5.59. The number of halogens is 3. The molecule has 2 N–H and O–H groups in total. The smallest absolute Gasteiger partial charge is 0.141 e. The average Bonchev–Trinajstić information content (AvgIpc) is 2.07. The number of hydrogen-bond acceptors (Lipinski definition) is 1. The van der Waals surface area contributed by atoms with E-state index in [0.29, 0.717) is 6.54 Å². The van der Waals surface area contributed by atoms with Crippen molar-refractivity contribution in [3.8, 4) is 0 Å². The van der Waals surface area contributed by atoms with Crippen LogP contribution in [0.4, 0.5) is 4.39 Å². The largest absolute Gasteiger partial charge is 0.330 e. The van der Waals surface area contributed by atoms with Gasteiger partial charge < -0.3 is 5.73 Å². The molecule has 1 rings (SSSR count). The van der Waals surface area contributed by atoms with Crippen molar-refractivity contribution < 1.29 is 4.39 Å². The first-order valence-electron chi connectivity index (χ1n) is 3.88. The third-order valence-corrected chi connectivity index (χ3v) is 1.94. The molecule has 0 radical (unpaired) electrons. The molecule has 0 saturated heterocycles. The van der Waals surface area contributed by atoms with Crippen LogP contribution in [0, 0.1) is 5.82 Å². The summed E-state index contributed by atoms with van der Waals surface area (Å²) in [4.78, 5) is 0. The molecule has 0 aliphatic heterocycles. The van der Waals surface area contributed by atoms with Crippen molar-refractivity contribution in [2.45, 2.75) is 12.8 Å². The van der Waals surface area contributed by atoms with E-state index < -0.39 is 0 Å². The molecular formula is C9H12Cl2FN. The summed E-state index contributed by atoms with van der Waals surface area (Å²) in [5, 5.41) is 0.185. The SMILES string of the molecule is Cl.NCCCc1ccc(F)c(Cl)c1. The zero-order chi connectivity index (χ0) is 8.97. The summed E-state index contributed by atoms with van der Waals surface area (Å²) in [6.45, 7) is 0.648. The maximum atomic E-state index is 12.7. The van der Waals surface area contributed by atoms with Gasteiger partial charge in [0, 0.05) is 0 Å². The summed E-state index contributed by atoms with van der Waals surface area (Å²) in [5.41, 5.74) is 6.37. The van der Waals surface area contributed by atoms with Crippen LogP contribution >= 0.6 is 24.0 Å². The lowest BCUT2D eigenvalue weighted by Crippen LogP contribution is -2.00. The third-order valence-electron chi connectivity index (χ3n) is 1.65. The second kappa shape index (κ2) is 6.19. The van der Waals surface area contributed by atoms with E-state index in [1.54, 1.807) is 12.1 Å². The number of benzene rings is 1. The van der Waals surface area contributed by atoms with Gasteiger partial charge in [0.25, 0.3) is 0 Å². The van der Waals surface area contributed by atoms with Crippen LogP contribution in [-0.2, 0) is 6.42 Å². The normalized spacial score (nSPS) is 9.46. The summed E-state index contributed by atoms with van der Waals surface area (Å²) in [5.74, 6) is -0.367. The Morgan fingerprint density at radius 2 is 2.08 bits per heavy atom. The van der Waals surface area contributed by atoms with E-state index >= 15 is 0 Å². The van der Waals surface area contributed by atoms with Gasteiger partial charge in [0.15, 0.2) is 0 Å². The topological polar surface area (TPSA) is 26.0 Å². The van der Waals surface area contributed by atoms with Crippen molar-refractivity contribution in [2.24, 2.45) is 5.73 Å². The molecule has 0 spiro atoms. The Bertz CT molecular complexity index is 266. The Balaban J connectivity index is 0.00000144. The molecule has 0 bridgehead atoms. The van der Waals surface area contributed by atoms with Crippen LogP contribution < -0.4 is 5.73 Å². The van der Waals surface area contributed by atoms with Crippen molar-refractivity contribution in [1.29, 1.82) is 0 Å². The fourth-order valence-electron chi connectivity index (χ4n) is 1.00. The van der Waals surface area contributed by atoms with Crippen molar-refractivity contribution in [2.75, 3.05) is 6.54 Å². The van der Waals surface area contributed by atoms with Gasteiger partial charge in [0.2, 0.25) is 0 Å². The lowest BCUT2D eigenvalue weighted by atomic mass is 10.1. The molecular weight excluding hydrogens is 212 g/mol. The van der Waals surface area contributed by atoms with E-state index in [2.05, 4.69) is 0 Å². The van der Waals surface area contributed by atoms with E-state index in [1.165, 1.54) is 6.07 Å². The van der Waals surface area contributed by atoms with Crippen LogP contribution in [0.2, 0.25) is 5.02 Å². The van der Waals surface area contributed by atoms with Crippen LogP contribution in [-0.4, -0.2) is 6.54 Å². The van der Waals surface area contributed by atoms with Gasteiger partial charge >= 0.3 is 0 Å². The predicted octanol–water partition coefficient (Wildman–Crippen LogP) is 2.79. The Morgan fingerprint density at radius 3 is 2.62 bits per heavy atom. The predicted molar refractivity (Wildman–Crippen MR) is 56.0 cm³/mol. The van der Waals surface area contributed by atoms with Gasteiger partial charge in [-0.05, 0) is 37.1 Å². The van der Waals surface area contributed by atoms with Gasteiger partial charge in [-0.25, -0.2) is 4.39 Å². The van der Waals surface area contributed by atoms with Gasteiger partial charge in [0.05, 0.1) is 5.02 Å². The Morgan fingerprint density at radius 1 is 1.38 bits per heavy atom. The molecule has 1 aromatic carbocycles. The van der Waals surface area contributed by atoms with Crippen LogP contribution in [0.3, 0.4) is 0 Å². The highest BCUT2D eigenvalue weighted by Crippen LogP contribution is 2.16. The van der Waals surface area contributed by atoms with Crippen LogP contribution in [0.25, 0.3) is 0 Å². The monoisotopic (exact) mass is 223 g/mol. The van der Waals surface area contributed by atoms with Gasteiger partial charge in [-0.15, -0.1) is 12.4 Å². The zero-order valence-electron chi connectivity index (χ0n) is 7.09. The average molecular weight is 224 g/mol. The van der Waals surface area contributed by atoms with Crippen molar-refractivity contribution in [3.05, 3.63) is 34.6 Å². The lowest BCUT2D eigenvalue weighted by molar-refractivity contribution is 0.627. The minimum absolute atomic E-state index is 0. The van der Waals surface area contributed by atoms with E-state index in [4.69, 9.17) is 17.3 Å². The standard InChI is InChI=1S/C9H11ClFN.ClH/c10-8-6-7(2-1-5-12)3-4-9(8)11;/h3-4,6H,1-2,5,12H2;1H. The highest BCUT2D eigenvalue weighted by Gasteiger charge is 1.99. The molecule has 1 nitrogen and oxygen atoms in total. The molecule has 1 aromatic rings. The van der Waals surface area contributed by atoms with E-state index in [9.17, 15) is 4.39 Å². The zero-order valence-corrected chi connectivity index (χ0v) is 8.67. The highest BCUT2D eigenvalue weighted by molar-refractivity contribution is 6.30. The molecule has 0 saturated carbocycles. The van der Waals surface area contributed by atoms with Gasteiger partial charge in [0.1, 0.15) is 5.82 Å². The lowest BCUT2D eigenvalue weighted by Gasteiger charge is -2.00. The quantitative estimate of drug-likeness (QED) is 0.839. The van der Waals surface area contributed by atoms with Crippen LogP contribution in [0.5, 0.6) is 0 Å². The number of rotatable bonds is 3. The fraction of sp³-hybridized carbons (Fsp3) is 0.333. The van der Waals surface area contributed by atoms with E-state index in [0.717, 1.165) is 18.4 Å². The molecule has 0 fully saturated rings. The molecule has 0 atom stereocenters. The maximum absolute atomic E-state index is 12.7. The summed E-state index contributed by atoms with van der Waals surface area (Å²) in [6, 6.07) is 4.76. The first-order valence-corrected chi connectivity index (χ1v) is 4.26. The highest BCUT2D eigenvalue weighted by atomic mass is 35.5. The molecule has 0 heterocycles. The van der Waals surface area contributed by atoms with Gasteiger partial charge in [-0.2, -0.15) is 0 Å². The van der Waals surface area contributed by atoms with Gasteiger partial charge in [-0.1, -0.05) is 17.7 Å². The number of nitrogens with two attached hydrogens (primary N) is 1. The summed E-state index contributed by atoms with van der Waals surface area (Å²) in [6.07, 6.45) is 1.76. The first-order chi connectivity index (χ1) is 5.74. The third kappa shape index (κ3) is 3.94. The first kappa shape index (κ1) is 12.7. The minimum Gasteiger partial charge on any atom is -0.330 e. The molecule has 0 amide bonds. The second-order valence-corrected chi connectivity index (χ2v) is 3.05. The summed E-state index contributed by atoms with van der Waals surface area (Å²) in [7, 11) is 0.